The fraction of sp³-hybridized carbons (Fsp3) is 0.316. The molecule has 2 aliphatic heterocycles. The van der Waals surface area contributed by atoms with E-state index in [0.717, 1.165) is 40.9 Å². The lowest BCUT2D eigenvalue weighted by molar-refractivity contribution is -0.129. The Balaban J connectivity index is 1.47. The molecule has 1 aromatic heterocycles. The second-order valence-corrected chi connectivity index (χ2v) is 7.38. The molecule has 0 unspecified atom stereocenters. The van der Waals surface area contributed by atoms with Crippen molar-refractivity contribution < 1.29 is 9.59 Å². The van der Waals surface area contributed by atoms with Crippen molar-refractivity contribution in [3.63, 3.8) is 0 Å². The van der Waals surface area contributed by atoms with Gasteiger partial charge in [-0.1, -0.05) is 12.1 Å². The van der Waals surface area contributed by atoms with E-state index in [0.29, 0.717) is 18.7 Å². The van der Waals surface area contributed by atoms with Crippen molar-refractivity contribution in [1.82, 2.24) is 10.3 Å². The minimum absolute atomic E-state index is 0.165. The number of hydrogen-bond donors (Lipinski definition) is 2. The fourth-order valence-corrected chi connectivity index (χ4v) is 3.98. The van der Waals surface area contributed by atoms with Gasteiger partial charge in [-0.2, -0.15) is 0 Å². The largest absolute Gasteiger partial charge is 0.324 e. The van der Waals surface area contributed by atoms with Crippen molar-refractivity contribution in [3.05, 3.63) is 52.3 Å². The van der Waals surface area contributed by atoms with Crippen LogP contribution in [0.5, 0.6) is 0 Å². The van der Waals surface area contributed by atoms with Crippen LogP contribution >= 0.6 is 15.9 Å². The van der Waals surface area contributed by atoms with Gasteiger partial charge in [-0.15, -0.1) is 0 Å². The van der Waals surface area contributed by atoms with Gasteiger partial charge in [0.15, 0.2) is 0 Å². The van der Waals surface area contributed by atoms with Crippen LogP contribution in [0, 0.1) is 5.92 Å². The van der Waals surface area contributed by atoms with Gasteiger partial charge in [0.2, 0.25) is 11.8 Å². The average Bonchev–Trinajstić information content (AvgIpc) is 3.03. The monoisotopic (exact) mass is 414 g/mol. The number of anilines is 2. The highest BCUT2D eigenvalue weighted by Crippen LogP contribution is 2.31. The van der Waals surface area contributed by atoms with E-state index in [9.17, 15) is 9.59 Å². The SMILES string of the molecule is O=C(Nc1cnc2c(c1)CNCC2)[C@@H]1CCN(c2ccccc2Br)C1=O. The molecule has 2 amide bonds. The van der Waals surface area contributed by atoms with Crippen molar-refractivity contribution >= 4 is 39.1 Å². The third-order valence-electron chi connectivity index (χ3n) is 4.85. The smallest absolute Gasteiger partial charge is 0.239 e. The van der Waals surface area contributed by atoms with E-state index >= 15 is 0 Å². The van der Waals surface area contributed by atoms with Crippen LogP contribution in [0.15, 0.2) is 41.0 Å². The van der Waals surface area contributed by atoms with Crippen LogP contribution in [-0.2, 0) is 22.6 Å². The average molecular weight is 415 g/mol. The van der Waals surface area contributed by atoms with E-state index in [1.807, 2.05) is 30.3 Å². The number of pyridine rings is 1. The number of carbonyl (C=O) groups is 2. The number of amides is 2. The lowest BCUT2D eigenvalue weighted by atomic mass is 10.1. The van der Waals surface area contributed by atoms with Gasteiger partial charge in [0.25, 0.3) is 0 Å². The van der Waals surface area contributed by atoms with E-state index in [2.05, 4.69) is 31.5 Å². The maximum absolute atomic E-state index is 12.7. The highest BCUT2D eigenvalue weighted by atomic mass is 79.9. The summed E-state index contributed by atoms with van der Waals surface area (Å²) in [5.74, 6) is -1.10. The van der Waals surface area contributed by atoms with Crippen molar-refractivity contribution in [2.75, 3.05) is 23.3 Å². The number of aromatic nitrogens is 1. The summed E-state index contributed by atoms with van der Waals surface area (Å²) in [6, 6.07) is 9.49. The topological polar surface area (TPSA) is 74.3 Å². The summed E-state index contributed by atoms with van der Waals surface area (Å²) in [6.07, 6.45) is 3.07. The first-order valence-electron chi connectivity index (χ1n) is 8.69. The second-order valence-electron chi connectivity index (χ2n) is 6.53. The molecule has 4 rings (SSSR count). The van der Waals surface area contributed by atoms with Gasteiger partial charge in [0.1, 0.15) is 5.92 Å². The first kappa shape index (κ1) is 17.2. The molecule has 1 fully saturated rings. The van der Waals surface area contributed by atoms with Gasteiger partial charge in [-0.05, 0) is 46.1 Å². The Morgan fingerprint density at radius 2 is 2.19 bits per heavy atom. The molecule has 2 aliphatic rings. The molecule has 0 spiro atoms. The molecule has 134 valence electrons. The number of halogens is 1. The zero-order chi connectivity index (χ0) is 18.1. The summed E-state index contributed by atoms with van der Waals surface area (Å²) in [5.41, 5.74) is 3.61. The Bertz CT molecular complexity index is 870. The summed E-state index contributed by atoms with van der Waals surface area (Å²) >= 11 is 3.47. The molecule has 1 aromatic carbocycles. The van der Waals surface area contributed by atoms with Gasteiger partial charge in [-0.25, -0.2) is 0 Å². The van der Waals surface area contributed by atoms with E-state index in [1.165, 1.54) is 0 Å². The molecule has 6 nitrogen and oxygen atoms in total. The molecule has 2 N–H and O–H groups in total. The molecule has 0 radical (unpaired) electrons. The lowest BCUT2D eigenvalue weighted by Gasteiger charge is -2.19. The maximum Gasteiger partial charge on any atom is 0.239 e. The van der Waals surface area contributed by atoms with E-state index in [4.69, 9.17) is 0 Å². The summed E-state index contributed by atoms with van der Waals surface area (Å²) in [6.45, 7) is 2.21. The molecular weight excluding hydrogens is 396 g/mol. The van der Waals surface area contributed by atoms with Crippen LogP contribution in [0.2, 0.25) is 0 Å². The number of hydrogen-bond acceptors (Lipinski definition) is 4. The highest BCUT2D eigenvalue weighted by Gasteiger charge is 2.38. The molecule has 0 bridgehead atoms. The maximum atomic E-state index is 12.7. The number of benzene rings is 1. The first-order chi connectivity index (χ1) is 12.6. The van der Waals surface area contributed by atoms with Crippen molar-refractivity contribution in [2.45, 2.75) is 19.4 Å². The van der Waals surface area contributed by atoms with E-state index < -0.39 is 5.92 Å². The van der Waals surface area contributed by atoms with Crippen molar-refractivity contribution in [2.24, 2.45) is 5.92 Å². The van der Waals surface area contributed by atoms with E-state index in [1.54, 1.807) is 11.1 Å². The molecule has 2 aromatic rings. The molecule has 0 aliphatic carbocycles. The van der Waals surface area contributed by atoms with Crippen LogP contribution in [0.3, 0.4) is 0 Å². The van der Waals surface area contributed by atoms with Crippen LogP contribution in [0.25, 0.3) is 0 Å². The minimum Gasteiger partial charge on any atom is -0.324 e. The quantitative estimate of drug-likeness (QED) is 0.756. The number of fused-ring (bicyclic) bond motifs is 1. The van der Waals surface area contributed by atoms with Crippen LogP contribution in [-0.4, -0.2) is 29.9 Å². The highest BCUT2D eigenvalue weighted by molar-refractivity contribution is 9.10. The summed E-state index contributed by atoms with van der Waals surface area (Å²) < 4.78 is 0.848. The van der Waals surface area contributed by atoms with Crippen molar-refractivity contribution in [1.29, 1.82) is 0 Å². The summed E-state index contributed by atoms with van der Waals surface area (Å²) in [7, 11) is 0. The summed E-state index contributed by atoms with van der Waals surface area (Å²) in [4.78, 5) is 31.5. The number of para-hydroxylation sites is 1. The van der Waals surface area contributed by atoms with Crippen molar-refractivity contribution in [3.8, 4) is 0 Å². The number of nitrogens with zero attached hydrogens (tertiary/aromatic N) is 2. The van der Waals surface area contributed by atoms with Gasteiger partial charge >= 0.3 is 0 Å². The van der Waals surface area contributed by atoms with Gasteiger partial charge in [0, 0.05) is 36.2 Å². The van der Waals surface area contributed by atoms with Crippen LogP contribution in [0.4, 0.5) is 11.4 Å². The number of carbonyl (C=O) groups excluding carboxylic acids is 2. The number of nitrogens with one attached hydrogen (secondary N) is 2. The van der Waals surface area contributed by atoms with Gasteiger partial charge < -0.3 is 15.5 Å². The van der Waals surface area contributed by atoms with Crippen LogP contribution in [0.1, 0.15) is 17.7 Å². The minimum atomic E-state index is -0.670. The Labute approximate surface area is 160 Å². The van der Waals surface area contributed by atoms with Gasteiger partial charge in [-0.3, -0.25) is 14.6 Å². The molecule has 7 heteroatoms. The Morgan fingerprint density at radius 3 is 3.04 bits per heavy atom. The fourth-order valence-electron chi connectivity index (χ4n) is 3.48. The molecule has 0 saturated carbocycles. The Hall–Kier alpha value is -2.25. The zero-order valence-electron chi connectivity index (χ0n) is 14.2. The second kappa shape index (κ2) is 7.17. The third-order valence-corrected chi connectivity index (χ3v) is 5.52. The standard InChI is InChI=1S/C19H19BrN4O2/c20-15-3-1-2-4-17(15)24-8-6-14(19(24)26)18(25)23-13-9-12-10-21-7-5-16(12)22-11-13/h1-4,9,11,14,21H,5-8,10H2,(H,23,25)/t14-/m0/s1. The Kier molecular flexibility index (Phi) is 4.74. The molecule has 3 heterocycles. The molecule has 1 saturated heterocycles. The normalized spacial score (nSPS) is 19.3. The lowest BCUT2D eigenvalue weighted by Crippen LogP contribution is -2.33. The summed E-state index contributed by atoms with van der Waals surface area (Å²) in [5, 5.41) is 6.16. The predicted octanol–water partition coefficient (Wildman–Crippen LogP) is 2.48. The zero-order valence-corrected chi connectivity index (χ0v) is 15.8. The van der Waals surface area contributed by atoms with E-state index in [-0.39, 0.29) is 11.8 Å². The molecule has 1 atom stereocenters. The predicted molar refractivity (Wildman–Crippen MR) is 103 cm³/mol. The number of rotatable bonds is 3. The molecular formula is C19H19BrN4O2. The molecule has 26 heavy (non-hydrogen) atoms. The Morgan fingerprint density at radius 1 is 1.35 bits per heavy atom. The van der Waals surface area contributed by atoms with Gasteiger partial charge in [0.05, 0.1) is 17.6 Å². The first-order valence-corrected chi connectivity index (χ1v) is 9.48. The third kappa shape index (κ3) is 3.24. The van der Waals surface area contributed by atoms with Crippen LogP contribution < -0.4 is 15.5 Å².